The Kier molecular flexibility index (Phi) is 3.53. The van der Waals surface area contributed by atoms with Gasteiger partial charge in [-0.2, -0.15) is 0 Å². The van der Waals surface area contributed by atoms with Gasteiger partial charge >= 0.3 is 0 Å². The summed E-state index contributed by atoms with van der Waals surface area (Å²) >= 11 is 0. The molecule has 0 aromatic heterocycles. The van der Waals surface area contributed by atoms with Gasteiger partial charge < -0.3 is 10.1 Å². The van der Waals surface area contributed by atoms with Crippen molar-refractivity contribution >= 4 is 0 Å². The zero-order valence-electron chi connectivity index (χ0n) is 8.52. The lowest BCUT2D eigenvalue weighted by atomic mass is 10.1. The summed E-state index contributed by atoms with van der Waals surface area (Å²) < 4.78 is 5.18. The number of methoxy groups -OCH3 is 1. The molecule has 2 atom stereocenters. The van der Waals surface area contributed by atoms with Crippen molar-refractivity contribution in [2.24, 2.45) is 11.3 Å². The van der Waals surface area contributed by atoms with E-state index in [1.165, 1.54) is 19.4 Å². The van der Waals surface area contributed by atoms with E-state index in [9.17, 15) is 0 Å². The van der Waals surface area contributed by atoms with Crippen LogP contribution in [0.5, 0.6) is 0 Å². The molecule has 0 saturated heterocycles. The summed E-state index contributed by atoms with van der Waals surface area (Å²) in [7, 11) is 1.79. The topological polar surface area (TPSA) is 21.3 Å². The largest absolute Gasteiger partial charge is 0.384 e. The molecule has 2 unspecified atom stereocenters. The minimum atomic E-state index is 0.482. The summed E-state index contributed by atoms with van der Waals surface area (Å²) in [5.74, 6) is 0.851. The molecule has 2 nitrogen and oxygen atoms in total. The maximum Gasteiger partial charge on any atom is 0.0519 e. The van der Waals surface area contributed by atoms with Crippen molar-refractivity contribution in [1.29, 1.82) is 0 Å². The number of ether oxygens (including phenoxy) is 1. The zero-order chi connectivity index (χ0) is 9.03. The molecule has 1 aliphatic rings. The van der Waals surface area contributed by atoms with Crippen LogP contribution in [-0.4, -0.2) is 26.8 Å². The first-order valence-corrected chi connectivity index (χ1v) is 4.92. The number of hydrogen-bond donors (Lipinski definition) is 1. The molecule has 0 radical (unpaired) electrons. The standard InChI is InChI=1S/C10H21NO/c1-4-5-11-7-9-6-10(9,2)8-12-3/h9,11H,4-8H2,1-3H3. The molecule has 0 aromatic rings. The molecule has 1 aliphatic carbocycles. The van der Waals surface area contributed by atoms with Gasteiger partial charge in [0.15, 0.2) is 0 Å². The lowest BCUT2D eigenvalue weighted by Crippen LogP contribution is -2.21. The molecule has 0 aromatic carbocycles. The highest BCUT2D eigenvalue weighted by atomic mass is 16.5. The van der Waals surface area contributed by atoms with E-state index in [1.807, 2.05) is 0 Å². The molecule has 12 heavy (non-hydrogen) atoms. The van der Waals surface area contributed by atoms with Crippen molar-refractivity contribution in [3.8, 4) is 0 Å². The SMILES string of the molecule is CCCNCC1CC1(C)COC. The average molecular weight is 171 g/mol. The molecule has 1 rings (SSSR count). The Labute approximate surface area is 75.7 Å². The van der Waals surface area contributed by atoms with Gasteiger partial charge in [-0.25, -0.2) is 0 Å². The van der Waals surface area contributed by atoms with E-state index in [1.54, 1.807) is 7.11 Å². The second kappa shape index (κ2) is 4.24. The maximum absolute atomic E-state index is 5.18. The first-order valence-electron chi connectivity index (χ1n) is 4.92. The quantitative estimate of drug-likeness (QED) is 0.614. The first-order chi connectivity index (χ1) is 5.73. The monoisotopic (exact) mass is 171 g/mol. The Bertz CT molecular complexity index is 138. The summed E-state index contributed by atoms with van der Waals surface area (Å²) in [5, 5.41) is 3.46. The maximum atomic E-state index is 5.18. The third kappa shape index (κ3) is 2.46. The van der Waals surface area contributed by atoms with E-state index in [4.69, 9.17) is 4.74 Å². The van der Waals surface area contributed by atoms with Crippen LogP contribution in [0, 0.1) is 11.3 Å². The third-order valence-corrected chi connectivity index (χ3v) is 2.83. The van der Waals surface area contributed by atoms with E-state index in [2.05, 4.69) is 19.2 Å². The van der Waals surface area contributed by atoms with Gasteiger partial charge in [0, 0.05) is 7.11 Å². The minimum Gasteiger partial charge on any atom is -0.384 e. The molecule has 0 heterocycles. The molecule has 1 fully saturated rings. The highest BCUT2D eigenvalue weighted by molar-refractivity contribution is 4.99. The van der Waals surface area contributed by atoms with Gasteiger partial charge in [-0.3, -0.25) is 0 Å². The minimum absolute atomic E-state index is 0.482. The Balaban J connectivity index is 2.06. The molecule has 1 saturated carbocycles. The van der Waals surface area contributed by atoms with Crippen LogP contribution in [0.2, 0.25) is 0 Å². The number of rotatable bonds is 6. The van der Waals surface area contributed by atoms with Crippen LogP contribution in [0.25, 0.3) is 0 Å². The fourth-order valence-electron chi connectivity index (χ4n) is 1.78. The molecular weight excluding hydrogens is 150 g/mol. The average Bonchev–Trinajstić information content (AvgIpc) is 2.63. The van der Waals surface area contributed by atoms with Crippen molar-refractivity contribution in [1.82, 2.24) is 5.32 Å². The van der Waals surface area contributed by atoms with Gasteiger partial charge in [0.05, 0.1) is 6.61 Å². The lowest BCUT2D eigenvalue weighted by molar-refractivity contribution is 0.141. The highest BCUT2D eigenvalue weighted by Crippen LogP contribution is 2.51. The summed E-state index contributed by atoms with van der Waals surface area (Å²) in [6.45, 7) is 7.77. The van der Waals surface area contributed by atoms with Crippen LogP contribution in [0.1, 0.15) is 26.7 Å². The summed E-state index contributed by atoms with van der Waals surface area (Å²) in [6, 6.07) is 0. The number of hydrogen-bond acceptors (Lipinski definition) is 2. The second-order valence-corrected chi connectivity index (χ2v) is 4.19. The van der Waals surface area contributed by atoms with Gasteiger partial charge in [-0.05, 0) is 37.3 Å². The van der Waals surface area contributed by atoms with Gasteiger partial charge in [0.1, 0.15) is 0 Å². The van der Waals surface area contributed by atoms with Crippen LogP contribution >= 0.6 is 0 Å². The van der Waals surface area contributed by atoms with Gasteiger partial charge in [0.25, 0.3) is 0 Å². The van der Waals surface area contributed by atoms with Gasteiger partial charge in [-0.1, -0.05) is 13.8 Å². The molecule has 0 aliphatic heterocycles. The smallest absolute Gasteiger partial charge is 0.0519 e. The Hall–Kier alpha value is -0.0800. The summed E-state index contributed by atoms with van der Waals surface area (Å²) in [6.07, 6.45) is 2.56. The molecule has 0 bridgehead atoms. The van der Waals surface area contributed by atoms with Crippen LogP contribution < -0.4 is 5.32 Å². The molecule has 0 spiro atoms. The zero-order valence-corrected chi connectivity index (χ0v) is 8.52. The van der Waals surface area contributed by atoms with Crippen molar-refractivity contribution in [2.75, 3.05) is 26.8 Å². The van der Waals surface area contributed by atoms with Crippen molar-refractivity contribution in [2.45, 2.75) is 26.7 Å². The van der Waals surface area contributed by atoms with Crippen molar-refractivity contribution < 1.29 is 4.74 Å². The Morgan fingerprint density at radius 1 is 1.58 bits per heavy atom. The van der Waals surface area contributed by atoms with Gasteiger partial charge in [0.2, 0.25) is 0 Å². The fraction of sp³-hybridized carbons (Fsp3) is 1.00. The third-order valence-electron chi connectivity index (χ3n) is 2.83. The number of nitrogens with one attached hydrogen (secondary N) is 1. The lowest BCUT2D eigenvalue weighted by Gasteiger charge is -2.09. The first kappa shape index (κ1) is 10.0. The molecule has 1 N–H and O–H groups in total. The van der Waals surface area contributed by atoms with E-state index < -0.39 is 0 Å². The summed E-state index contributed by atoms with van der Waals surface area (Å²) in [5.41, 5.74) is 0.482. The Morgan fingerprint density at radius 3 is 2.92 bits per heavy atom. The van der Waals surface area contributed by atoms with Crippen LogP contribution in [0.4, 0.5) is 0 Å². The van der Waals surface area contributed by atoms with Crippen molar-refractivity contribution in [3.63, 3.8) is 0 Å². The van der Waals surface area contributed by atoms with Crippen LogP contribution in [-0.2, 0) is 4.74 Å². The van der Waals surface area contributed by atoms with Crippen molar-refractivity contribution in [3.05, 3.63) is 0 Å². The van der Waals surface area contributed by atoms with Crippen LogP contribution in [0.3, 0.4) is 0 Å². The predicted molar refractivity (Wildman–Crippen MR) is 51.3 cm³/mol. The van der Waals surface area contributed by atoms with E-state index in [0.29, 0.717) is 5.41 Å². The normalized spacial score (nSPS) is 33.8. The molecular formula is C10H21NO. The molecule has 72 valence electrons. The second-order valence-electron chi connectivity index (χ2n) is 4.19. The van der Waals surface area contributed by atoms with Crippen LogP contribution in [0.15, 0.2) is 0 Å². The Morgan fingerprint density at radius 2 is 2.33 bits per heavy atom. The molecule has 0 amide bonds. The van der Waals surface area contributed by atoms with Gasteiger partial charge in [-0.15, -0.1) is 0 Å². The predicted octanol–water partition coefficient (Wildman–Crippen LogP) is 1.66. The van der Waals surface area contributed by atoms with E-state index in [-0.39, 0.29) is 0 Å². The fourth-order valence-corrected chi connectivity index (χ4v) is 1.78. The summed E-state index contributed by atoms with van der Waals surface area (Å²) in [4.78, 5) is 0. The highest BCUT2D eigenvalue weighted by Gasteiger charge is 2.49. The van der Waals surface area contributed by atoms with E-state index in [0.717, 1.165) is 19.1 Å². The van der Waals surface area contributed by atoms with E-state index >= 15 is 0 Å². The molecule has 2 heteroatoms.